The van der Waals surface area contributed by atoms with Crippen molar-refractivity contribution < 1.29 is 17.3 Å². The zero-order chi connectivity index (χ0) is 13.0. The SMILES string of the molecule is CS(=O)(=O)O[C@H]1CC[C@H](Oc2ncccn2)CC1. The lowest BCUT2D eigenvalue weighted by molar-refractivity contribution is 0.0787. The third kappa shape index (κ3) is 4.23. The molecule has 1 aromatic rings. The molecule has 6 nitrogen and oxygen atoms in total. The zero-order valence-electron chi connectivity index (χ0n) is 10.2. The van der Waals surface area contributed by atoms with Crippen LogP contribution in [0.4, 0.5) is 0 Å². The number of hydrogen-bond donors (Lipinski definition) is 0. The van der Waals surface area contributed by atoms with Gasteiger partial charge in [-0.1, -0.05) is 0 Å². The van der Waals surface area contributed by atoms with Crippen LogP contribution in [0.5, 0.6) is 6.01 Å². The van der Waals surface area contributed by atoms with E-state index in [2.05, 4.69) is 9.97 Å². The van der Waals surface area contributed by atoms with Crippen LogP contribution in [0, 0.1) is 0 Å². The first-order valence-corrected chi connectivity index (χ1v) is 7.66. The molecule has 0 atom stereocenters. The summed E-state index contributed by atoms with van der Waals surface area (Å²) in [5.41, 5.74) is 0. The number of hydrogen-bond acceptors (Lipinski definition) is 6. The molecular formula is C11H16N2O4S. The van der Waals surface area contributed by atoms with Gasteiger partial charge in [0.25, 0.3) is 10.1 Å². The van der Waals surface area contributed by atoms with Gasteiger partial charge in [0.1, 0.15) is 6.10 Å². The van der Waals surface area contributed by atoms with Crippen LogP contribution < -0.4 is 4.74 Å². The van der Waals surface area contributed by atoms with E-state index in [4.69, 9.17) is 8.92 Å². The normalized spacial score (nSPS) is 24.7. The summed E-state index contributed by atoms with van der Waals surface area (Å²) in [6.45, 7) is 0. The highest BCUT2D eigenvalue weighted by Gasteiger charge is 2.25. The topological polar surface area (TPSA) is 78.4 Å². The van der Waals surface area contributed by atoms with Gasteiger partial charge in [-0.25, -0.2) is 9.97 Å². The second-order valence-corrected chi connectivity index (χ2v) is 5.95. The van der Waals surface area contributed by atoms with E-state index >= 15 is 0 Å². The Bertz CT molecular complexity index is 469. The van der Waals surface area contributed by atoms with E-state index in [1.807, 2.05) is 0 Å². The van der Waals surface area contributed by atoms with Gasteiger partial charge in [-0.3, -0.25) is 4.18 Å². The lowest BCUT2D eigenvalue weighted by atomic mass is 9.95. The van der Waals surface area contributed by atoms with Crippen molar-refractivity contribution in [3.8, 4) is 6.01 Å². The molecule has 0 spiro atoms. The maximum Gasteiger partial charge on any atom is 0.316 e. The second kappa shape index (κ2) is 5.62. The first-order valence-electron chi connectivity index (χ1n) is 5.85. The Labute approximate surface area is 106 Å². The Balaban J connectivity index is 1.80. The molecule has 0 saturated heterocycles. The highest BCUT2D eigenvalue weighted by Crippen LogP contribution is 2.24. The molecule has 0 aliphatic heterocycles. The van der Waals surface area contributed by atoms with Gasteiger partial charge in [0, 0.05) is 12.4 Å². The van der Waals surface area contributed by atoms with E-state index in [0.717, 1.165) is 19.1 Å². The van der Waals surface area contributed by atoms with Gasteiger partial charge in [-0.2, -0.15) is 8.42 Å². The van der Waals surface area contributed by atoms with Crippen LogP contribution in [0.3, 0.4) is 0 Å². The Morgan fingerprint density at radius 1 is 1.11 bits per heavy atom. The van der Waals surface area contributed by atoms with Crippen molar-refractivity contribution in [3.05, 3.63) is 18.5 Å². The van der Waals surface area contributed by atoms with Crippen molar-refractivity contribution in [3.63, 3.8) is 0 Å². The first-order chi connectivity index (χ1) is 8.53. The molecule has 1 heterocycles. The molecule has 0 amide bonds. The van der Waals surface area contributed by atoms with Gasteiger partial charge in [0.2, 0.25) is 0 Å². The van der Waals surface area contributed by atoms with Gasteiger partial charge >= 0.3 is 6.01 Å². The van der Waals surface area contributed by atoms with Crippen LogP contribution in [-0.2, 0) is 14.3 Å². The van der Waals surface area contributed by atoms with E-state index in [9.17, 15) is 8.42 Å². The predicted molar refractivity (Wildman–Crippen MR) is 64.6 cm³/mol. The summed E-state index contributed by atoms with van der Waals surface area (Å²) in [7, 11) is -3.37. The summed E-state index contributed by atoms with van der Waals surface area (Å²) >= 11 is 0. The monoisotopic (exact) mass is 272 g/mol. The summed E-state index contributed by atoms with van der Waals surface area (Å²) in [4.78, 5) is 7.98. The van der Waals surface area contributed by atoms with Crippen LogP contribution in [0.1, 0.15) is 25.7 Å². The average Bonchev–Trinajstić information content (AvgIpc) is 2.31. The molecule has 0 radical (unpaired) electrons. The molecule has 1 fully saturated rings. The van der Waals surface area contributed by atoms with Crippen molar-refractivity contribution in [1.82, 2.24) is 9.97 Å². The summed E-state index contributed by atoms with van der Waals surface area (Å²) in [6, 6.07) is 2.09. The van der Waals surface area contributed by atoms with Gasteiger partial charge < -0.3 is 4.74 Å². The largest absolute Gasteiger partial charge is 0.460 e. The third-order valence-corrected chi connectivity index (χ3v) is 3.37. The van der Waals surface area contributed by atoms with E-state index in [1.165, 1.54) is 0 Å². The van der Waals surface area contributed by atoms with E-state index < -0.39 is 10.1 Å². The van der Waals surface area contributed by atoms with E-state index in [-0.39, 0.29) is 12.2 Å². The van der Waals surface area contributed by atoms with Gasteiger partial charge in [-0.05, 0) is 31.7 Å². The molecule has 0 unspecified atom stereocenters. The standard InChI is InChI=1S/C11H16N2O4S/c1-18(14,15)17-10-5-3-9(4-6-10)16-11-12-7-2-8-13-11/h2,7-10H,3-6H2,1H3/t9-,10-. The third-order valence-electron chi connectivity index (χ3n) is 2.75. The molecule has 18 heavy (non-hydrogen) atoms. The zero-order valence-corrected chi connectivity index (χ0v) is 11.0. The van der Waals surface area contributed by atoms with Gasteiger partial charge in [0.05, 0.1) is 12.4 Å². The maximum absolute atomic E-state index is 11.0. The molecule has 100 valence electrons. The average molecular weight is 272 g/mol. The van der Waals surface area contributed by atoms with Crippen LogP contribution in [0.25, 0.3) is 0 Å². The van der Waals surface area contributed by atoms with Crippen molar-refractivity contribution in [1.29, 1.82) is 0 Å². The Hall–Kier alpha value is -1.21. The van der Waals surface area contributed by atoms with E-state index in [1.54, 1.807) is 18.5 Å². The Morgan fingerprint density at radius 3 is 2.22 bits per heavy atom. The highest BCUT2D eigenvalue weighted by molar-refractivity contribution is 7.86. The quantitative estimate of drug-likeness (QED) is 0.765. The molecule has 0 N–H and O–H groups in total. The molecule has 0 bridgehead atoms. The van der Waals surface area contributed by atoms with Crippen molar-refractivity contribution in [2.45, 2.75) is 37.9 Å². The van der Waals surface area contributed by atoms with Crippen LogP contribution in [0.2, 0.25) is 0 Å². The molecule has 1 saturated carbocycles. The summed E-state index contributed by atoms with van der Waals surface area (Å²) < 4.78 is 32.6. The molecular weight excluding hydrogens is 256 g/mol. The molecule has 7 heteroatoms. The molecule has 1 aromatic heterocycles. The smallest absolute Gasteiger partial charge is 0.316 e. The van der Waals surface area contributed by atoms with Crippen molar-refractivity contribution >= 4 is 10.1 Å². The van der Waals surface area contributed by atoms with Crippen molar-refractivity contribution in [2.24, 2.45) is 0 Å². The number of nitrogens with zero attached hydrogens (tertiary/aromatic N) is 2. The number of aromatic nitrogens is 2. The summed E-state index contributed by atoms with van der Waals surface area (Å²) in [5.74, 6) is 0. The van der Waals surface area contributed by atoms with E-state index in [0.29, 0.717) is 18.9 Å². The van der Waals surface area contributed by atoms with Crippen LogP contribution in [-0.4, -0.2) is 36.8 Å². The lowest BCUT2D eigenvalue weighted by Crippen LogP contribution is -2.30. The highest BCUT2D eigenvalue weighted by atomic mass is 32.2. The van der Waals surface area contributed by atoms with Crippen molar-refractivity contribution in [2.75, 3.05) is 6.26 Å². The Kier molecular flexibility index (Phi) is 4.13. The second-order valence-electron chi connectivity index (χ2n) is 4.35. The molecule has 1 aliphatic carbocycles. The predicted octanol–water partition coefficient (Wildman–Crippen LogP) is 1.14. The lowest BCUT2D eigenvalue weighted by Gasteiger charge is -2.27. The fourth-order valence-corrected chi connectivity index (χ4v) is 2.68. The minimum Gasteiger partial charge on any atom is -0.460 e. The number of ether oxygens (including phenoxy) is 1. The minimum absolute atomic E-state index is 0.0341. The summed E-state index contributed by atoms with van der Waals surface area (Å²) in [6.07, 6.45) is 6.98. The molecule has 0 aromatic carbocycles. The molecule has 2 rings (SSSR count). The fraction of sp³-hybridized carbons (Fsp3) is 0.636. The van der Waals surface area contributed by atoms with Crippen LogP contribution in [0.15, 0.2) is 18.5 Å². The van der Waals surface area contributed by atoms with Gasteiger partial charge in [-0.15, -0.1) is 0 Å². The van der Waals surface area contributed by atoms with Crippen LogP contribution >= 0.6 is 0 Å². The number of rotatable bonds is 4. The molecule has 1 aliphatic rings. The summed E-state index contributed by atoms with van der Waals surface area (Å²) in [5, 5.41) is 0. The maximum atomic E-state index is 11.0. The Morgan fingerprint density at radius 2 is 1.67 bits per heavy atom. The minimum atomic E-state index is -3.37. The fourth-order valence-electron chi connectivity index (χ4n) is 1.99. The van der Waals surface area contributed by atoms with Gasteiger partial charge in [0.15, 0.2) is 0 Å². The first kappa shape index (κ1) is 13.2.